The Hall–Kier alpha value is -2.91. The van der Waals surface area contributed by atoms with Crippen molar-refractivity contribution < 1.29 is 19.8 Å². The van der Waals surface area contributed by atoms with Gasteiger partial charge in [-0.05, 0) is 95.5 Å². The van der Waals surface area contributed by atoms with Crippen LogP contribution in [0.1, 0.15) is 59.7 Å². The van der Waals surface area contributed by atoms with Crippen molar-refractivity contribution in [2.24, 2.45) is 5.92 Å². The zero-order chi connectivity index (χ0) is 30.3. The predicted octanol–water partition coefficient (Wildman–Crippen LogP) is 6.84. The summed E-state index contributed by atoms with van der Waals surface area (Å²) in [6, 6.07) is 19.5. The lowest BCUT2D eigenvalue weighted by molar-refractivity contribution is -0.0563. The summed E-state index contributed by atoms with van der Waals surface area (Å²) in [7, 11) is 1.88. The van der Waals surface area contributed by atoms with Crippen molar-refractivity contribution in [2.75, 3.05) is 26.7 Å². The molecular weight excluding hydrogens is 618 g/mol. The highest BCUT2D eigenvalue weighted by Gasteiger charge is 2.43. The molecule has 0 unspecified atom stereocenters. The van der Waals surface area contributed by atoms with Crippen LogP contribution < -0.4 is 10.6 Å². The van der Waals surface area contributed by atoms with E-state index >= 15 is 0 Å². The Labute approximate surface area is 261 Å². The van der Waals surface area contributed by atoms with Crippen LogP contribution in [0.15, 0.2) is 65.1 Å². The van der Waals surface area contributed by atoms with Crippen LogP contribution in [0.2, 0.25) is 5.02 Å². The van der Waals surface area contributed by atoms with Gasteiger partial charge in [0.1, 0.15) is 0 Å². The van der Waals surface area contributed by atoms with E-state index in [1.165, 1.54) is 0 Å². The largest absolute Gasteiger partial charge is 0.465 e. The Balaban J connectivity index is 1.71. The number of carbonyl (C=O) groups excluding carboxylic acids is 1. The van der Waals surface area contributed by atoms with Gasteiger partial charge in [0.05, 0.1) is 11.2 Å². The van der Waals surface area contributed by atoms with Crippen molar-refractivity contribution in [1.29, 1.82) is 0 Å². The van der Waals surface area contributed by atoms with E-state index in [0.717, 1.165) is 46.0 Å². The zero-order valence-corrected chi connectivity index (χ0v) is 26.5. The van der Waals surface area contributed by atoms with Crippen molar-refractivity contribution >= 4 is 39.5 Å². The first kappa shape index (κ1) is 32.0. The van der Waals surface area contributed by atoms with Gasteiger partial charge in [-0.1, -0.05) is 61.0 Å². The third-order valence-electron chi connectivity index (χ3n) is 8.14. The molecule has 2 amide bonds. The maximum absolute atomic E-state index is 13.7. The summed E-state index contributed by atoms with van der Waals surface area (Å²) in [4.78, 5) is 26.7. The monoisotopic (exact) mass is 655 g/mol. The van der Waals surface area contributed by atoms with E-state index in [1.54, 1.807) is 0 Å². The van der Waals surface area contributed by atoms with Gasteiger partial charge in [-0.2, -0.15) is 0 Å². The minimum Gasteiger partial charge on any atom is -0.465 e. The molecule has 0 aromatic heterocycles. The number of halogens is 2. The number of rotatable bonds is 11. The number of likely N-dealkylation sites (tertiary alicyclic amines) is 1. The van der Waals surface area contributed by atoms with Crippen molar-refractivity contribution in [3.05, 3.63) is 92.4 Å². The summed E-state index contributed by atoms with van der Waals surface area (Å²) >= 11 is 10.4. The summed E-state index contributed by atoms with van der Waals surface area (Å²) in [5, 5.41) is 27.9. The van der Waals surface area contributed by atoms with Crippen LogP contribution in [0.5, 0.6) is 0 Å². The van der Waals surface area contributed by atoms with E-state index < -0.39 is 11.7 Å². The van der Waals surface area contributed by atoms with Gasteiger partial charge in [-0.3, -0.25) is 4.79 Å². The van der Waals surface area contributed by atoms with E-state index in [9.17, 15) is 14.7 Å². The number of hydrogen-bond donors (Lipinski definition) is 4. The number of carbonyl (C=O) groups is 2. The molecule has 0 spiro atoms. The van der Waals surface area contributed by atoms with Crippen molar-refractivity contribution in [1.82, 2.24) is 15.5 Å². The van der Waals surface area contributed by atoms with Gasteiger partial charge in [0.25, 0.3) is 5.91 Å². The van der Waals surface area contributed by atoms with Crippen LogP contribution in [-0.4, -0.2) is 53.8 Å². The highest BCUT2D eigenvalue weighted by molar-refractivity contribution is 9.10. The number of aryl methyl sites for hydroxylation is 1. The fourth-order valence-corrected chi connectivity index (χ4v) is 6.88. The normalized spacial score (nSPS) is 16.6. The predicted molar refractivity (Wildman–Crippen MR) is 171 cm³/mol. The molecule has 0 aliphatic carbocycles. The number of nitrogens with one attached hydrogen (secondary N) is 2. The van der Waals surface area contributed by atoms with Gasteiger partial charge >= 0.3 is 6.09 Å². The number of hydrogen-bond acceptors (Lipinski definition) is 4. The maximum Gasteiger partial charge on any atom is 0.404 e. The first-order valence-corrected chi connectivity index (χ1v) is 15.6. The summed E-state index contributed by atoms with van der Waals surface area (Å²) < 4.78 is 0.741. The van der Waals surface area contributed by atoms with Crippen LogP contribution in [0.3, 0.4) is 0 Å². The van der Waals surface area contributed by atoms with Crippen LogP contribution in [0.4, 0.5) is 4.79 Å². The third-order valence-corrected chi connectivity index (χ3v) is 9.11. The summed E-state index contributed by atoms with van der Waals surface area (Å²) in [6.45, 7) is 3.97. The molecule has 1 heterocycles. The first-order chi connectivity index (χ1) is 20.2. The average Bonchev–Trinajstić information content (AvgIpc) is 2.99. The minimum atomic E-state index is -1.35. The molecule has 1 aliphatic rings. The lowest BCUT2D eigenvalue weighted by Crippen LogP contribution is -2.48. The molecule has 1 aliphatic heterocycles. The molecule has 9 heteroatoms. The summed E-state index contributed by atoms with van der Waals surface area (Å²) in [5.74, 6) is -0.367. The van der Waals surface area contributed by atoms with Gasteiger partial charge in [0.2, 0.25) is 0 Å². The zero-order valence-electron chi connectivity index (χ0n) is 24.1. The van der Waals surface area contributed by atoms with Crippen molar-refractivity contribution in [2.45, 2.75) is 51.2 Å². The number of amides is 2. The Kier molecular flexibility index (Phi) is 11.1. The second kappa shape index (κ2) is 14.5. The smallest absolute Gasteiger partial charge is 0.404 e. The average molecular weight is 657 g/mol. The molecule has 7 nitrogen and oxygen atoms in total. The topological polar surface area (TPSA) is 102 Å². The molecule has 42 heavy (non-hydrogen) atoms. The minimum absolute atomic E-state index is 0.0839. The number of piperidine rings is 1. The molecular formula is C33H39BrClN3O4. The Morgan fingerprint density at radius 3 is 2.62 bits per heavy atom. The molecule has 4 rings (SSSR count). The molecule has 0 radical (unpaired) electrons. The summed E-state index contributed by atoms with van der Waals surface area (Å²) in [5.41, 5.74) is 3.87. The van der Waals surface area contributed by atoms with Crippen LogP contribution >= 0.6 is 27.5 Å². The molecule has 2 atom stereocenters. The number of aliphatic hydroxyl groups is 1. The Morgan fingerprint density at radius 2 is 1.90 bits per heavy atom. The van der Waals surface area contributed by atoms with E-state index in [0.29, 0.717) is 48.6 Å². The lowest BCUT2D eigenvalue weighted by atomic mass is 9.72. The molecule has 4 N–H and O–H groups in total. The molecule has 224 valence electrons. The van der Waals surface area contributed by atoms with Crippen LogP contribution in [-0.2, 0) is 18.6 Å². The Morgan fingerprint density at radius 1 is 1.12 bits per heavy atom. The first-order valence-electron chi connectivity index (χ1n) is 14.5. The van der Waals surface area contributed by atoms with Gasteiger partial charge in [-0.15, -0.1) is 0 Å². The van der Waals surface area contributed by atoms with Gasteiger partial charge in [0, 0.05) is 47.2 Å². The van der Waals surface area contributed by atoms with E-state index in [1.807, 2.05) is 60.5 Å². The van der Waals surface area contributed by atoms with Gasteiger partial charge < -0.3 is 25.7 Å². The molecule has 3 aromatic rings. The van der Waals surface area contributed by atoms with Crippen molar-refractivity contribution in [3.63, 3.8) is 0 Å². The molecule has 3 aromatic carbocycles. The fourth-order valence-electron chi connectivity index (χ4n) is 6.00. The second-order valence-corrected chi connectivity index (χ2v) is 12.2. The molecule has 0 bridgehead atoms. The Bertz CT molecular complexity index is 1420. The van der Waals surface area contributed by atoms with Gasteiger partial charge in [-0.25, -0.2) is 4.79 Å². The van der Waals surface area contributed by atoms with Crippen LogP contribution in [0, 0.1) is 5.92 Å². The standard InChI is InChI=1S/C33H39BrClN3O4/c1-3-22-8-4-9-24(18-22)30-27(11-5-12-29(30)35)33(42,15-7-16-37-32(40)41)25-10-6-17-38(21-25)31(39)26-14-13-23(20-36-2)19-28(26)34/h4-5,8-9,11-14,18-19,25,36-37,42H,3,6-7,10,15-17,20-21H2,1-2H3,(H,40,41)/t25-,33+/m1/s1. The molecule has 1 fully saturated rings. The fraction of sp³-hybridized carbons (Fsp3) is 0.394. The number of nitrogens with zero attached hydrogens (tertiary/aromatic N) is 1. The maximum atomic E-state index is 13.7. The number of benzene rings is 3. The van der Waals surface area contributed by atoms with Crippen molar-refractivity contribution in [3.8, 4) is 11.1 Å². The highest BCUT2D eigenvalue weighted by Crippen LogP contribution is 2.46. The second-order valence-electron chi connectivity index (χ2n) is 10.9. The van der Waals surface area contributed by atoms with Crippen LogP contribution in [0.25, 0.3) is 11.1 Å². The van der Waals surface area contributed by atoms with Gasteiger partial charge in [0.15, 0.2) is 0 Å². The summed E-state index contributed by atoms with van der Waals surface area (Å²) in [6.07, 6.45) is 1.96. The van der Waals surface area contributed by atoms with E-state index in [-0.39, 0.29) is 18.4 Å². The quantitative estimate of drug-likeness (QED) is 0.169. The van der Waals surface area contributed by atoms with E-state index in [2.05, 4.69) is 45.6 Å². The molecule has 0 saturated carbocycles. The SMILES string of the molecule is CCc1cccc(-c2c(Cl)cccc2[C@](O)(CCCNC(=O)O)[C@@H]2CCCN(C(=O)c3ccc(CNC)cc3Br)C2)c1. The van der Waals surface area contributed by atoms with E-state index in [4.69, 9.17) is 16.7 Å². The third kappa shape index (κ3) is 7.35. The molecule has 1 saturated heterocycles. The lowest BCUT2D eigenvalue weighted by Gasteiger charge is -2.44. The number of carboxylic acid groups (broad SMARTS) is 1. The highest BCUT2D eigenvalue weighted by atomic mass is 79.9.